The van der Waals surface area contributed by atoms with E-state index >= 15 is 0 Å². The van der Waals surface area contributed by atoms with Gasteiger partial charge in [-0.25, -0.2) is 9.59 Å². The molecule has 2 aromatic rings. The second-order valence-electron chi connectivity index (χ2n) is 5.23. The molecule has 1 N–H and O–H groups in total. The first kappa shape index (κ1) is 20.5. The van der Waals surface area contributed by atoms with E-state index in [-0.39, 0.29) is 16.8 Å². The first-order valence-corrected chi connectivity index (χ1v) is 8.36. The standard InChI is InChI=1S/C19H15Cl2NO5/c1-26-18(24)12-4-7-14(19(25)27-2)16(9-12)22-17(23)8-5-11-3-6-13(20)10-15(11)21/h3-10H,1-2H3,(H,22,23)/b8-5+. The number of halogens is 2. The molecule has 0 aliphatic heterocycles. The van der Waals surface area contributed by atoms with Crippen LogP contribution in [0, 0.1) is 0 Å². The molecule has 0 unspecified atom stereocenters. The number of amides is 1. The summed E-state index contributed by atoms with van der Waals surface area (Å²) in [5, 5.41) is 3.40. The monoisotopic (exact) mass is 407 g/mol. The molecule has 0 radical (unpaired) electrons. The molecule has 8 heteroatoms. The first-order valence-electron chi connectivity index (χ1n) is 7.60. The van der Waals surface area contributed by atoms with E-state index in [0.717, 1.165) is 0 Å². The van der Waals surface area contributed by atoms with Crippen molar-refractivity contribution in [2.75, 3.05) is 19.5 Å². The minimum Gasteiger partial charge on any atom is -0.465 e. The second kappa shape index (κ2) is 9.21. The van der Waals surface area contributed by atoms with Gasteiger partial charge in [0, 0.05) is 16.1 Å². The number of anilines is 1. The number of hydrogen-bond acceptors (Lipinski definition) is 5. The number of carbonyl (C=O) groups excluding carboxylic acids is 3. The van der Waals surface area contributed by atoms with E-state index in [4.69, 9.17) is 23.2 Å². The van der Waals surface area contributed by atoms with Crippen LogP contribution in [-0.4, -0.2) is 32.1 Å². The van der Waals surface area contributed by atoms with Crippen molar-refractivity contribution in [3.8, 4) is 0 Å². The highest BCUT2D eigenvalue weighted by atomic mass is 35.5. The number of methoxy groups -OCH3 is 2. The van der Waals surface area contributed by atoms with E-state index in [1.165, 1.54) is 44.6 Å². The van der Waals surface area contributed by atoms with Gasteiger partial charge in [0.2, 0.25) is 5.91 Å². The molecule has 0 saturated heterocycles. The fourth-order valence-corrected chi connectivity index (χ4v) is 2.63. The zero-order valence-electron chi connectivity index (χ0n) is 14.4. The van der Waals surface area contributed by atoms with Crippen LogP contribution in [0.4, 0.5) is 5.69 Å². The summed E-state index contributed by atoms with van der Waals surface area (Å²) >= 11 is 11.9. The summed E-state index contributed by atoms with van der Waals surface area (Å²) in [5.41, 5.74) is 0.968. The molecule has 2 rings (SSSR count). The van der Waals surface area contributed by atoms with Crippen LogP contribution in [0.3, 0.4) is 0 Å². The molecule has 0 aromatic heterocycles. The van der Waals surface area contributed by atoms with Gasteiger partial charge in [0.15, 0.2) is 0 Å². The summed E-state index contributed by atoms with van der Waals surface area (Å²) in [5.74, 6) is -1.80. The quantitative estimate of drug-likeness (QED) is 0.592. The van der Waals surface area contributed by atoms with Gasteiger partial charge in [-0.15, -0.1) is 0 Å². The normalized spacial score (nSPS) is 10.5. The van der Waals surface area contributed by atoms with Gasteiger partial charge in [0.1, 0.15) is 0 Å². The predicted octanol–water partition coefficient (Wildman–Crippen LogP) is 4.22. The molecule has 0 heterocycles. The Bertz CT molecular complexity index is 924. The van der Waals surface area contributed by atoms with Crippen LogP contribution in [0.2, 0.25) is 10.0 Å². The number of rotatable bonds is 5. The molecular formula is C19H15Cl2NO5. The highest BCUT2D eigenvalue weighted by molar-refractivity contribution is 6.35. The van der Waals surface area contributed by atoms with Crippen molar-refractivity contribution in [1.82, 2.24) is 0 Å². The summed E-state index contributed by atoms with van der Waals surface area (Å²) in [6.45, 7) is 0. The van der Waals surface area contributed by atoms with E-state index < -0.39 is 17.8 Å². The predicted molar refractivity (Wildman–Crippen MR) is 103 cm³/mol. The topological polar surface area (TPSA) is 81.7 Å². The molecular weight excluding hydrogens is 393 g/mol. The Morgan fingerprint density at radius 3 is 2.30 bits per heavy atom. The first-order chi connectivity index (χ1) is 12.8. The lowest BCUT2D eigenvalue weighted by Gasteiger charge is -2.10. The summed E-state index contributed by atoms with van der Waals surface area (Å²) in [6, 6.07) is 8.95. The van der Waals surface area contributed by atoms with Gasteiger partial charge in [-0.1, -0.05) is 29.3 Å². The molecule has 0 atom stereocenters. The number of carbonyl (C=O) groups is 3. The molecule has 27 heavy (non-hydrogen) atoms. The lowest BCUT2D eigenvalue weighted by atomic mass is 10.1. The average molecular weight is 408 g/mol. The zero-order valence-corrected chi connectivity index (χ0v) is 15.9. The molecule has 140 valence electrons. The van der Waals surface area contributed by atoms with E-state index in [0.29, 0.717) is 15.6 Å². The van der Waals surface area contributed by atoms with Crippen LogP contribution in [0.1, 0.15) is 26.3 Å². The summed E-state index contributed by atoms with van der Waals surface area (Å²) in [7, 11) is 2.44. The van der Waals surface area contributed by atoms with Crippen molar-refractivity contribution in [3.63, 3.8) is 0 Å². The molecule has 0 bridgehead atoms. The number of hydrogen-bond donors (Lipinski definition) is 1. The molecule has 2 aromatic carbocycles. The maximum absolute atomic E-state index is 12.2. The summed E-state index contributed by atoms with van der Waals surface area (Å²) < 4.78 is 9.33. The number of esters is 2. The SMILES string of the molecule is COC(=O)c1ccc(C(=O)OC)c(NC(=O)/C=C/c2ccc(Cl)cc2Cl)c1. The minimum absolute atomic E-state index is 0.0939. The van der Waals surface area contributed by atoms with Gasteiger partial charge < -0.3 is 14.8 Å². The molecule has 0 aliphatic carbocycles. The van der Waals surface area contributed by atoms with E-state index in [2.05, 4.69) is 14.8 Å². The fraction of sp³-hybridized carbons (Fsp3) is 0.105. The van der Waals surface area contributed by atoms with Gasteiger partial charge in [-0.2, -0.15) is 0 Å². The summed E-state index contributed by atoms with van der Waals surface area (Å²) in [4.78, 5) is 35.8. The minimum atomic E-state index is -0.661. The van der Waals surface area contributed by atoms with Gasteiger partial charge in [0.05, 0.1) is 31.0 Å². The van der Waals surface area contributed by atoms with Crippen molar-refractivity contribution < 1.29 is 23.9 Å². The highest BCUT2D eigenvalue weighted by Crippen LogP contribution is 2.23. The van der Waals surface area contributed by atoms with Gasteiger partial charge in [-0.05, 0) is 42.0 Å². The molecule has 1 amide bonds. The number of ether oxygens (including phenoxy) is 2. The van der Waals surface area contributed by atoms with Crippen molar-refractivity contribution in [1.29, 1.82) is 0 Å². The van der Waals surface area contributed by atoms with E-state index in [1.807, 2.05) is 0 Å². The highest BCUT2D eigenvalue weighted by Gasteiger charge is 2.16. The van der Waals surface area contributed by atoms with E-state index in [1.54, 1.807) is 18.2 Å². The van der Waals surface area contributed by atoms with Gasteiger partial charge in [-0.3, -0.25) is 4.79 Å². The second-order valence-corrected chi connectivity index (χ2v) is 6.08. The van der Waals surface area contributed by atoms with Crippen molar-refractivity contribution >= 4 is 52.8 Å². The maximum atomic E-state index is 12.2. The van der Waals surface area contributed by atoms with Crippen molar-refractivity contribution in [2.45, 2.75) is 0 Å². The third-order valence-electron chi connectivity index (χ3n) is 3.48. The van der Waals surface area contributed by atoms with Crippen LogP contribution in [0.25, 0.3) is 6.08 Å². The molecule has 0 saturated carbocycles. The van der Waals surface area contributed by atoms with Crippen molar-refractivity contribution in [3.05, 3.63) is 69.2 Å². The zero-order chi connectivity index (χ0) is 20.0. The third-order valence-corrected chi connectivity index (χ3v) is 4.04. The van der Waals surface area contributed by atoms with Crippen LogP contribution in [-0.2, 0) is 14.3 Å². The van der Waals surface area contributed by atoms with E-state index in [9.17, 15) is 14.4 Å². The Morgan fingerprint density at radius 2 is 1.67 bits per heavy atom. The van der Waals surface area contributed by atoms with Gasteiger partial charge in [0.25, 0.3) is 0 Å². The molecule has 0 aliphatic rings. The molecule has 6 nitrogen and oxygen atoms in total. The average Bonchev–Trinajstić information content (AvgIpc) is 2.66. The number of nitrogens with one attached hydrogen (secondary N) is 1. The Morgan fingerprint density at radius 1 is 0.963 bits per heavy atom. The molecule has 0 spiro atoms. The Balaban J connectivity index is 2.27. The largest absolute Gasteiger partial charge is 0.465 e. The number of benzene rings is 2. The summed E-state index contributed by atoms with van der Waals surface area (Å²) in [6.07, 6.45) is 2.73. The van der Waals surface area contributed by atoms with Gasteiger partial charge >= 0.3 is 11.9 Å². The van der Waals surface area contributed by atoms with Crippen LogP contribution in [0.15, 0.2) is 42.5 Å². The molecule has 0 fully saturated rings. The Labute approximate surface area is 165 Å². The maximum Gasteiger partial charge on any atom is 0.339 e. The van der Waals surface area contributed by atoms with Crippen molar-refractivity contribution in [2.24, 2.45) is 0 Å². The Hall–Kier alpha value is -2.83. The third kappa shape index (κ3) is 5.32. The lowest BCUT2D eigenvalue weighted by Crippen LogP contribution is -2.14. The van der Waals surface area contributed by atoms with Crippen LogP contribution < -0.4 is 5.32 Å². The van der Waals surface area contributed by atoms with Crippen LogP contribution >= 0.6 is 23.2 Å². The lowest BCUT2D eigenvalue weighted by molar-refractivity contribution is -0.111. The fourth-order valence-electron chi connectivity index (χ4n) is 2.16. The van der Waals surface area contributed by atoms with Crippen LogP contribution in [0.5, 0.6) is 0 Å². The Kier molecular flexibility index (Phi) is 6.98. The smallest absolute Gasteiger partial charge is 0.339 e.